The molecule has 2 aromatic rings. The van der Waals surface area contributed by atoms with Crippen LogP contribution < -0.4 is 10.2 Å². The number of rotatable bonds is 7. The van der Waals surface area contributed by atoms with Crippen LogP contribution in [0.5, 0.6) is 5.75 Å². The number of allylic oxidation sites excluding steroid dienone is 5. The molecule has 0 spiro atoms. The molecule has 3 rings (SSSR count). The van der Waals surface area contributed by atoms with Crippen molar-refractivity contribution in [1.82, 2.24) is 14.7 Å². The van der Waals surface area contributed by atoms with E-state index in [0.29, 0.717) is 12.0 Å². The second-order valence-corrected chi connectivity index (χ2v) is 10.1. The lowest BCUT2D eigenvalue weighted by atomic mass is 9.40. The summed E-state index contributed by atoms with van der Waals surface area (Å²) in [6, 6.07) is 4.29. The molecule has 1 aromatic heterocycles. The zero-order valence-corrected chi connectivity index (χ0v) is 22.6. The summed E-state index contributed by atoms with van der Waals surface area (Å²) in [6.07, 6.45) is 8.78. The number of carbonyl (C=O) groups excluding carboxylic acids is 1. The Morgan fingerprint density at radius 1 is 1.31 bits per heavy atom. The minimum atomic E-state index is -0.706. The van der Waals surface area contributed by atoms with Gasteiger partial charge in [-0.25, -0.2) is 4.68 Å². The predicted molar refractivity (Wildman–Crippen MR) is 147 cm³/mol. The lowest BCUT2D eigenvalue weighted by molar-refractivity contribution is 0.0466. The molecule has 0 radical (unpaired) electrons. The van der Waals surface area contributed by atoms with Gasteiger partial charge in [0.1, 0.15) is 5.75 Å². The number of methoxy groups -OCH3 is 1. The van der Waals surface area contributed by atoms with Crippen molar-refractivity contribution in [3.05, 3.63) is 52.8 Å². The monoisotopic (exact) mass is 475 g/mol. The third-order valence-corrected chi connectivity index (χ3v) is 6.81. The summed E-state index contributed by atoms with van der Waals surface area (Å²) in [5, 5.41) is 14.8. The average Bonchev–Trinajstić information content (AvgIpc) is 3.19. The lowest BCUT2D eigenvalue weighted by Crippen LogP contribution is -2.48. The molecule has 186 valence electrons. The van der Waals surface area contributed by atoms with Gasteiger partial charge in [-0.15, -0.1) is 0 Å². The maximum atomic E-state index is 13.7. The van der Waals surface area contributed by atoms with Gasteiger partial charge in [0.05, 0.1) is 30.6 Å². The van der Waals surface area contributed by atoms with Crippen molar-refractivity contribution in [3.63, 3.8) is 0 Å². The number of ether oxygens (including phenoxy) is 1. The highest BCUT2D eigenvalue weighted by atomic mass is 16.5. The standard InChI is InChI=1S/C28H38BN3O3/c1-10-12-20(11-2)32-26-21-14-19(13-18(3)4)24(35-9)15-23(21)29(7)16-22(26)25(30-32)27(34)31(8)28(5,6)17-33/h10-15,33H,16-17H2,1-9H3/b12-10-,20-11+. The van der Waals surface area contributed by atoms with E-state index in [1.165, 1.54) is 11.0 Å². The van der Waals surface area contributed by atoms with Crippen LogP contribution >= 0.6 is 0 Å². The van der Waals surface area contributed by atoms with Crippen molar-refractivity contribution in [1.29, 1.82) is 0 Å². The second-order valence-electron chi connectivity index (χ2n) is 10.1. The zero-order chi connectivity index (χ0) is 26.1. The summed E-state index contributed by atoms with van der Waals surface area (Å²) in [4.78, 5) is 15.3. The molecule has 1 aromatic carbocycles. The number of aliphatic hydroxyl groups is 1. The first-order valence-electron chi connectivity index (χ1n) is 12.2. The van der Waals surface area contributed by atoms with Crippen LogP contribution in [0.25, 0.3) is 23.0 Å². The van der Waals surface area contributed by atoms with Crippen LogP contribution in [0.3, 0.4) is 0 Å². The topological polar surface area (TPSA) is 67.6 Å². The van der Waals surface area contributed by atoms with Crippen molar-refractivity contribution in [3.8, 4) is 17.0 Å². The van der Waals surface area contributed by atoms with E-state index in [9.17, 15) is 9.90 Å². The summed E-state index contributed by atoms with van der Waals surface area (Å²) in [7, 11) is 3.43. The summed E-state index contributed by atoms with van der Waals surface area (Å²) >= 11 is 0. The maximum absolute atomic E-state index is 13.7. The SMILES string of the molecule is C/C=C\C(=C/C)n1nc(C(=O)N(C)C(C)(C)CO)c2c1-c1cc(C=C(C)C)c(OC)cc1B(C)C2. The fraction of sp³-hybridized carbons (Fsp3) is 0.429. The van der Waals surface area contributed by atoms with Gasteiger partial charge >= 0.3 is 0 Å². The Morgan fingerprint density at radius 3 is 2.54 bits per heavy atom. The molecule has 1 aliphatic rings. The number of benzene rings is 1. The normalized spacial score (nSPS) is 13.5. The van der Waals surface area contributed by atoms with Crippen LogP contribution in [-0.4, -0.2) is 58.7 Å². The Labute approximate surface area is 210 Å². The van der Waals surface area contributed by atoms with Gasteiger partial charge < -0.3 is 14.7 Å². The molecule has 35 heavy (non-hydrogen) atoms. The number of carbonyl (C=O) groups is 1. The van der Waals surface area contributed by atoms with E-state index >= 15 is 0 Å². The van der Waals surface area contributed by atoms with Crippen molar-refractivity contribution in [2.45, 2.75) is 60.2 Å². The first-order chi connectivity index (χ1) is 16.5. The van der Waals surface area contributed by atoms with E-state index < -0.39 is 5.54 Å². The molecule has 1 amide bonds. The fourth-order valence-corrected chi connectivity index (χ4v) is 4.52. The van der Waals surface area contributed by atoms with Crippen molar-refractivity contribution < 1.29 is 14.6 Å². The summed E-state index contributed by atoms with van der Waals surface area (Å²) < 4.78 is 7.63. The number of hydrogen-bond donors (Lipinski definition) is 1. The maximum Gasteiger partial charge on any atom is 0.274 e. The van der Waals surface area contributed by atoms with Gasteiger partial charge in [-0.2, -0.15) is 5.10 Å². The highest BCUT2D eigenvalue weighted by molar-refractivity contribution is 6.73. The lowest BCUT2D eigenvalue weighted by Gasteiger charge is -2.33. The number of fused-ring (bicyclic) bond motifs is 3. The Morgan fingerprint density at radius 2 is 2.00 bits per heavy atom. The van der Waals surface area contributed by atoms with Crippen molar-refractivity contribution in [2.75, 3.05) is 20.8 Å². The third-order valence-electron chi connectivity index (χ3n) is 6.81. The molecule has 0 fully saturated rings. The number of amides is 1. The third kappa shape index (κ3) is 4.87. The molecular weight excluding hydrogens is 437 g/mol. The molecule has 0 atom stereocenters. The fourth-order valence-electron chi connectivity index (χ4n) is 4.52. The Kier molecular flexibility index (Phi) is 7.80. The molecule has 0 unspecified atom stereocenters. The molecule has 2 heterocycles. The molecule has 0 saturated carbocycles. The van der Waals surface area contributed by atoms with Crippen LogP contribution in [0, 0.1) is 0 Å². The smallest absolute Gasteiger partial charge is 0.274 e. The van der Waals surface area contributed by atoms with E-state index in [2.05, 4.69) is 38.9 Å². The van der Waals surface area contributed by atoms with Crippen LogP contribution in [0.1, 0.15) is 63.2 Å². The Hall–Kier alpha value is -3.06. The summed E-state index contributed by atoms with van der Waals surface area (Å²) in [5.74, 6) is 0.649. The first-order valence-corrected chi connectivity index (χ1v) is 12.2. The number of likely N-dealkylation sites (N-methyl/N-ethyl adjacent to an activating group) is 1. The van der Waals surface area contributed by atoms with Crippen molar-refractivity contribution >= 4 is 29.9 Å². The molecule has 0 saturated heterocycles. The van der Waals surface area contributed by atoms with Crippen LogP contribution in [0.4, 0.5) is 0 Å². The minimum absolute atomic E-state index is 0.137. The van der Waals surface area contributed by atoms with Gasteiger partial charge in [0.25, 0.3) is 5.91 Å². The predicted octanol–water partition coefficient (Wildman–Crippen LogP) is 4.69. The van der Waals surface area contributed by atoms with E-state index in [4.69, 9.17) is 9.84 Å². The molecule has 1 aliphatic heterocycles. The van der Waals surface area contributed by atoms with Gasteiger partial charge in [0, 0.05) is 18.2 Å². The zero-order valence-electron chi connectivity index (χ0n) is 22.6. The molecule has 0 bridgehead atoms. The van der Waals surface area contributed by atoms with Gasteiger partial charge in [0.2, 0.25) is 0 Å². The molecule has 1 N–H and O–H groups in total. The van der Waals surface area contributed by atoms with Gasteiger partial charge in [-0.3, -0.25) is 4.79 Å². The van der Waals surface area contributed by atoms with Gasteiger partial charge in [0.15, 0.2) is 12.4 Å². The van der Waals surface area contributed by atoms with Gasteiger partial charge in [-0.05, 0) is 71.6 Å². The van der Waals surface area contributed by atoms with Crippen molar-refractivity contribution in [2.24, 2.45) is 0 Å². The first kappa shape index (κ1) is 26.5. The quantitative estimate of drug-likeness (QED) is 0.466. The van der Waals surface area contributed by atoms with Gasteiger partial charge in [-0.1, -0.05) is 36.1 Å². The second kappa shape index (κ2) is 10.3. The summed E-state index contributed by atoms with van der Waals surface area (Å²) in [6.45, 7) is 14.0. The molecule has 0 aliphatic carbocycles. The number of hydrogen-bond acceptors (Lipinski definition) is 4. The Balaban J connectivity index is 2.37. The Bertz CT molecular complexity index is 1220. The average molecular weight is 475 g/mol. The van der Waals surface area contributed by atoms with E-state index in [0.717, 1.165) is 33.8 Å². The van der Waals surface area contributed by atoms with Crippen LogP contribution in [0.2, 0.25) is 6.82 Å². The number of aromatic nitrogens is 2. The molecule has 6 nitrogen and oxygen atoms in total. The number of aliphatic hydroxyl groups excluding tert-OH is 1. The van der Waals surface area contributed by atoms with E-state index in [-0.39, 0.29) is 19.2 Å². The summed E-state index contributed by atoms with van der Waals surface area (Å²) in [5.41, 5.74) is 6.92. The van der Waals surface area contributed by atoms with Crippen LogP contribution in [-0.2, 0) is 6.32 Å². The highest BCUT2D eigenvalue weighted by Crippen LogP contribution is 2.37. The highest BCUT2D eigenvalue weighted by Gasteiger charge is 2.37. The number of nitrogens with zero attached hydrogens (tertiary/aromatic N) is 3. The molecule has 7 heteroatoms. The van der Waals surface area contributed by atoms with E-state index in [1.54, 1.807) is 19.1 Å². The van der Waals surface area contributed by atoms with Crippen LogP contribution in [0.15, 0.2) is 35.9 Å². The molecular formula is C28H38BN3O3. The largest absolute Gasteiger partial charge is 0.496 e. The minimum Gasteiger partial charge on any atom is -0.496 e. The van der Waals surface area contributed by atoms with E-state index in [1.807, 2.05) is 50.6 Å².